The van der Waals surface area contributed by atoms with Crippen LogP contribution in [-0.4, -0.2) is 18.4 Å². The van der Waals surface area contributed by atoms with E-state index in [4.69, 9.17) is 11.6 Å². The fraction of sp³-hybridized carbons (Fsp3) is 0. The molecule has 2 aromatic carbocycles. The van der Waals surface area contributed by atoms with E-state index in [2.05, 4.69) is 14.7 Å². The molecule has 2 heterocycles. The van der Waals surface area contributed by atoms with Gasteiger partial charge in [-0.15, -0.1) is 0 Å². The number of halogens is 2. The van der Waals surface area contributed by atoms with E-state index < -0.39 is 15.8 Å². The minimum absolute atomic E-state index is 0.0176. The molecule has 0 aliphatic rings. The number of sulfonamides is 1. The fourth-order valence-electron chi connectivity index (χ4n) is 2.69. The highest BCUT2D eigenvalue weighted by molar-refractivity contribution is 7.93. The SMILES string of the molecule is O=S(=O)(Nc1ccc(Cl)cc1F)c1cnc2c1ccc1ccc[nH]c12. The number of fused-ring (bicyclic) bond motifs is 3. The second-order valence-corrected chi connectivity index (χ2v) is 7.54. The van der Waals surface area contributed by atoms with Gasteiger partial charge in [0.15, 0.2) is 0 Å². The molecule has 0 atom stereocenters. The number of rotatable bonds is 3. The van der Waals surface area contributed by atoms with Crippen molar-refractivity contribution < 1.29 is 12.8 Å². The lowest BCUT2D eigenvalue weighted by molar-refractivity contribution is 0.599. The first-order valence-corrected chi connectivity index (χ1v) is 9.14. The van der Waals surface area contributed by atoms with E-state index in [0.29, 0.717) is 10.9 Å². The summed E-state index contributed by atoms with van der Waals surface area (Å²) in [6, 6.07) is 11.0. The van der Waals surface area contributed by atoms with Crippen LogP contribution in [0.4, 0.5) is 10.1 Å². The van der Waals surface area contributed by atoms with Crippen LogP contribution in [0.1, 0.15) is 0 Å². The molecule has 0 radical (unpaired) electrons. The molecule has 0 saturated carbocycles. The number of pyridine rings is 1. The van der Waals surface area contributed by atoms with Gasteiger partial charge in [0.2, 0.25) is 0 Å². The first kappa shape index (κ1) is 15.9. The Balaban J connectivity index is 1.84. The number of nitrogens with zero attached hydrogens (tertiary/aromatic N) is 1. The third-order valence-corrected chi connectivity index (χ3v) is 5.48. The zero-order chi connectivity index (χ0) is 17.6. The molecular weight excluding hydrogens is 365 g/mol. The van der Waals surface area contributed by atoms with Crippen molar-refractivity contribution >= 4 is 49.1 Å². The maximum atomic E-state index is 13.9. The molecule has 0 amide bonds. The van der Waals surface area contributed by atoms with Crippen molar-refractivity contribution in [1.29, 1.82) is 0 Å². The predicted molar refractivity (Wildman–Crippen MR) is 95.8 cm³/mol. The summed E-state index contributed by atoms with van der Waals surface area (Å²) >= 11 is 5.69. The lowest BCUT2D eigenvalue weighted by Gasteiger charge is -2.08. The molecular formula is C17H11ClFN3O2S. The van der Waals surface area contributed by atoms with Crippen molar-refractivity contribution in [1.82, 2.24) is 9.97 Å². The molecule has 0 spiro atoms. The Bertz CT molecular complexity index is 1220. The first-order valence-electron chi connectivity index (χ1n) is 7.28. The van der Waals surface area contributed by atoms with Gasteiger partial charge in [0.05, 0.1) is 16.7 Å². The Morgan fingerprint density at radius 2 is 2.00 bits per heavy atom. The lowest BCUT2D eigenvalue weighted by atomic mass is 10.1. The maximum absolute atomic E-state index is 13.9. The van der Waals surface area contributed by atoms with Gasteiger partial charge in [-0.25, -0.2) is 12.8 Å². The maximum Gasteiger partial charge on any atom is 0.264 e. The Morgan fingerprint density at radius 3 is 2.80 bits per heavy atom. The van der Waals surface area contributed by atoms with Gasteiger partial charge in [0.25, 0.3) is 10.0 Å². The van der Waals surface area contributed by atoms with Gasteiger partial charge >= 0.3 is 0 Å². The van der Waals surface area contributed by atoms with Crippen LogP contribution in [0.25, 0.3) is 21.8 Å². The molecule has 0 unspecified atom stereocenters. The second-order valence-electron chi connectivity index (χ2n) is 5.45. The van der Waals surface area contributed by atoms with Gasteiger partial charge in [-0.1, -0.05) is 29.8 Å². The lowest BCUT2D eigenvalue weighted by Crippen LogP contribution is -2.13. The van der Waals surface area contributed by atoms with Crippen molar-refractivity contribution in [2.75, 3.05) is 4.72 Å². The van der Waals surface area contributed by atoms with Crippen molar-refractivity contribution in [3.05, 3.63) is 65.7 Å². The second kappa shape index (κ2) is 5.72. The molecule has 126 valence electrons. The van der Waals surface area contributed by atoms with Crippen LogP contribution in [0, 0.1) is 5.82 Å². The van der Waals surface area contributed by atoms with Crippen LogP contribution >= 0.6 is 11.6 Å². The van der Waals surface area contributed by atoms with E-state index in [9.17, 15) is 12.8 Å². The van der Waals surface area contributed by atoms with E-state index in [1.807, 2.05) is 12.1 Å². The van der Waals surface area contributed by atoms with Crippen molar-refractivity contribution in [3.8, 4) is 0 Å². The molecule has 25 heavy (non-hydrogen) atoms. The van der Waals surface area contributed by atoms with E-state index >= 15 is 0 Å². The van der Waals surface area contributed by atoms with Crippen LogP contribution in [0.5, 0.6) is 0 Å². The van der Waals surface area contributed by atoms with E-state index in [-0.39, 0.29) is 15.6 Å². The van der Waals surface area contributed by atoms with Crippen LogP contribution in [0.3, 0.4) is 0 Å². The Kier molecular flexibility index (Phi) is 3.63. The van der Waals surface area contributed by atoms with E-state index in [1.165, 1.54) is 18.3 Å². The molecule has 4 aromatic rings. The number of aromatic nitrogens is 2. The van der Waals surface area contributed by atoms with Crippen molar-refractivity contribution in [3.63, 3.8) is 0 Å². The van der Waals surface area contributed by atoms with Gasteiger partial charge in [-0.2, -0.15) is 0 Å². The number of nitrogens with one attached hydrogen (secondary N) is 2. The molecule has 2 N–H and O–H groups in total. The van der Waals surface area contributed by atoms with Crippen molar-refractivity contribution in [2.45, 2.75) is 4.90 Å². The molecule has 0 bridgehead atoms. The largest absolute Gasteiger partial charge is 0.359 e. The minimum Gasteiger partial charge on any atom is -0.359 e. The summed E-state index contributed by atoms with van der Waals surface area (Å²) in [6.45, 7) is 0. The molecule has 0 fully saturated rings. The Morgan fingerprint density at radius 1 is 1.16 bits per heavy atom. The number of hydrogen-bond acceptors (Lipinski definition) is 3. The molecule has 5 nitrogen and oxygen atoms in total. The van der Waals surface area contributed by atoms with E-state index in [0.717, 1.165) is 17.0 Å². The summed E-state index contributed by atoms with van der Waals surface area (Å²) in [5.41, 5.74) is 1.10. The van der Waals surface area contributed by atoms with Gasteiger partial charge in [-0.05, 0) is 24.3 Å². The third kappa shape index (κ3) is 2.71. The van der Waals surface area contributed by atoms with Gasteiger partial charge in [-0.3, -0.25) is 9.71 Å². The zero-order valence-electron chi connectivity index (χ0n) is 12.6. The summed E-state index contributed by atoms with van der Waals surface area (Å²) in [6.07, 6.45) is 3.01. The molecule has 8 heteroatoms. The number of benzene rings is 2. The summed E-state index contributed by atoms with van der Waals surface area (Å²) in [5, 5.41) is 1.55. The topological polar surface area (TPSA) is 74.8 Å². The Hall–Kier alpha value is -2.64. The third-order valence-electron chi connectivity index (χ3n) is 3.85. The zero-order valence-corrected chi connectivity index (χ0v) is 14.2. The summed E-state index contributed by atoms with van der Waals surface area (Å²) in [4.78, 5) is 7.28. The Labute approximate surface area is 147 Å². The van der Waals surface area contributed by atoms with Crippen LogP contribution in [-0.2, 0) is 10.0 Å². The molecule has 0 aliphatic heterocycles. The summed E-state index contributed by atoms with van der Waals surface area (Å²) in [5.74, 6) is -0.751. The smallest absolute Gasteiger partial charge is 0.264 e. The molecule has 4 rings (SSSR count). The average Bonchev–Trinajstić information content (AvgIpc) is 3.03. The number of anilines is 1. The monoisotopic (exact) mass is 375 g/mol. The van der Waals surface area contributed by atoms with Crippen LogP contribution in [0.2, 0.25) is 5.02 Å². The van der Waals surface area contributed by atoms with Crippen LogP contribution < -0.4 is 4.72 Å². The quantitative estimate of drug-likeness (QED) is 0.560. The minimum atomic E-state index is -4.01. The van der Waals surface area contributed by atoms with Crippen molar-refractivity contribution in [2.24, 2.45) is 0 Å². The van der Waals surface area contributed by atoms with E-state index in [1.54, 1.807) is 18.3 Å². The summed E-state index contributed by atoms with van der Waals surface area (Å²) < 4.78 is 41.5. The highest BCUT2D eigenvalue weighted by Gasteiger charge is 2.22. The highest BCUT2D eigenvalue weighted by Crippen LogP contribution is 2.30. The summed E-state index contributed by atoms with van der Waals surface area (Å²) in [7, 11) is -4.01. The van der Waals surface area contributed by atoms with Gasteiger partial charge in [0, 0.05) is 28.2 Å². The van der Waals surface area contributed by atoms with Gasteiger partial charge < -0.3 is 4.98 Å². The number of hydrogen-bond donors (Lipinski definition) is 2. The normalized spacial score (nSPS) is 11.9. The van der Waals surface area contributed by atoms with Crippen LogP contribution in [0.15, 0.2) is 59.8 Å². The van der Waals surface area contributed by atoms with Gasteiger partial charge in [0.1, 0.15) is 10.7 Å². The standard InChI is InChI=1S/C17H11ClFN3O2S/c18-11-4-6-14(13(19)8-11)22-25(23,24)15-9-21-17-12(15)5-3-10-2-1-7-20-16(10)17/h1-9,20,22H. The predicted octanol–water partition coefficient (Wildman–Crippen LogP) is 4.31. The molecule has 2 aromatic heterocycles. The molecule has 0 saturated heterocycles. The number of aromatic amines is 1. The average molecular weight is 376 g/mol. The number of H-pyrrole nitrogens is 1. The molecule has 0 aliphatic carbocycles. The first-order chi connectivity index (χ1) is 12.0. The highest BCUT2D eigenvalue weighted by atomic mass is 35.5. The fourth-order valence-corrected chi connectivity index (χ4v) is 4.06.